The fourth-order valence-electron chi connectivity index (χ4n) is 2.56. The summed E-state index contributed by atoms with van der Waals surface area (Å²) in [5.41, 5.74) is -0.312. The van der Waals surface area contributed by atoms with Crippen molar-refractivity contribution in [3.63, 3.8) is 0 Å². The number of carboxylic acids is 1. The zero-order valence-corrected chi connectivity index (χ0v) is 12.7. The van der Waals surface area contributed by atoms with Gasteiger partial charge in [-0.3, -0.25) is 4.79 Å². The van der Waals surface area contributed by atoms with Crippen LogP contribution in [-0.4, -0.2) is 47.1 Å². The number of carboxylic acid groups (broad SMARTS) is 1. The number of carbonyl (C=O) groups excluding carboxylic acids is 1. The van der Waals surface area contributed by atoms with Gasteiger partial charge in [-0.1, -0.05) is 0 Å². The van der Waals surface area contributed by atoms with Crippen molar-refractivity contribution in [3.8, 4) is 0 Å². The van der Waals surface area contributed by atoms with Gasteiger partial charge in [0, 0.05) is 6.07 Å². The molecule has 1 saturated heterocycles. The molecule has 1 fully saturated rings. The Kier molecular flexibility index (Phi) is 6.04. The van der Waals surface area contributed by atoms with Gasteiger partial charge < -0.3 is 25.6 Å². The Labute approximate surface area is 136 Å². The molecular weight excluding hydrogens is 326 g/mol. The molecule has 2 amide bonds. The summed E-state index contributed by atoms with van der Waals surface area (Å²) in [6.07, 6.45) is -0.721. The van der Waals surface area contributed by atoms with Crippen molar-refractivity contribution < 1.29 is 33.3 Å². The molecule has 1 aromatic rings. The molecule has 4 N–H and O–H groups in total. The van der Waals surface area contributed by atoms with Crippen LogP contribution >= 0.6 is 0 Å². The van der Waals surface area contributed by atoms with Crippen molar-refractivity contribution >= 4 is 17.7 Å². The Balaban J connectivity index is 1.93. The van der Waals surface area contributed by atoms with Gasteiger partial charge in [0.1, 0.15) is 17.7 Å². The van der Waals surface area contributed by atoms with E-state index < -0.39 is 48.5 Å². The lowest BCUT2D eigenvalue weighted by Crippen LogP contribution is -2.52. The van der Waals surface area contributed by atoms with Gasteiger partial charge >= 0.3 is 12.0 Å². The highest BCUT2D eigenvalue weighted by Gasteiger charge is 2.32. The van der Waals surface area contributed by atoms with E-state index in [1.165, 1.54) is 0 Å². The van der Waals surface area contributed by atoms with Crippen LogP contribution in [0, 0.1) is 11.6 Å². The third-order valence-electron chi connectivity index (χ3n) is 3.69. The Bertz CT molecular complexity index is 614. The maximum Gasteiger partial charge on any atom is 0.319 e. The van der Waals surface area contributed by atoms with Crippen LogP contribution in [0.5, 0.6) is 0 Å². The maximum atomic E-state index is 13.5. The minimum atomic E-state index is -1.01. The van der Waals surface area contributed by atoms with Crippen LogP contribution in [0.1, 0.15) is 19.3 Å². The highest BCUT2D eigenvalue weighted by atomic mass is 19.1. The lowest BCUT2D eigenvalue weighted by atomic mass is 9.97. The smallest absolute Gasteiger partial charge is 0.319 e. The first kappa shape index (κ1) is 18.1. The zero-order valence-electron chi connectivity index (χ0n) is 12.7. The molecule has 0 spiro atoms. The Morgan fingerprint density at radius 3 is 2.71 bits per heavy atom. The van der Waals surface area contributed by atoms with Crippen molar-refractivity contribution in [2.45, 2.75) is 37.5 Å². The number of benzene rings is 1. The quantitative estimate of drug-likeness (QED) is 0.647. The number of ether oxygens (including phenoxy) is 1. The predicted octanol–water partition coefficient (Wildman–Crippen LogP) is 1.47. The monoisotopic (exact) mass is 344 g/mol. The van der Waals surface area contributed by atoms with E-state index >= 15 is 0 Å². The van der Waals surface area contributed by atoms with Crippen molar-refractivity contribution in [3.05, 3.63) is 29.8 Å². The summed E-state index contributed by atoms with van der Waals surface area (Å²) in [7, 11) is 0. The Morgan fingerprint density at radius 2 is 2.04 bits per heavy atom. The van der Waals surface area contributed by atoms with Crippen LogP contribution in [0.15, 0.2) is 18.2 Å². The van der Waals surface area contributed by atoms with Gasteiger partial charge in [0.25, 0.3) is 0 Å². The van der Waals surface area contributed by atoms with Crippen LogP contribution in [0.3, 0.4) is 0 Å². The summed E-state index contributed by atoms with van der Waals surface area (Å²) in [5, 5.41) is 22.8. The summed E-state index contributed by atoms with van der Waals surface area (Å²) < 4.78 is 32.0. The van der Waals surface area contributed by atoms with Crippen LogP contribution < -0.4 is 10.6 Å². The third-order valence-corrected chi connectivity index (χ3v) is 3.69. The molecule has 0 radical (unpaired) electrons. The largest absolute Gasteiger partial charge is 0.481 e. The van der Waals surface area contributed by atoms with E-state index in [4.69, 9.17) is 9.84 Å². The number of anilines is 1. The molecule has 24 heavy (non-hydrogen) atoms. The van der Waals surface area contributed by atoms with E-state index in [-0.39, 0.29) is 12.1 Å². The Morgan fingerprint density at radius 1 is 1.29 bits per heavy atom. The van der Waals surface area contributed by atoms with E-state index in [0.29, 0.717) is 12.8 Å². The van der Waals surface area contributed by atoms with E-state index in [1.807, 2.05) is 0 Å². The molecule has 1 aliphatic rings. The molecule has 3 atom stereocenters. The van der Waals surface area contributed by atoms with Gasteiger partial charge in [-0.2, -0.15) is 0 Å². The average molecular weight is 344 g/mol. The second-order valence-electron chi connectivity index (χ2n) is 5.48. The second kappa shape index (κ2) is 8.02. The molecule has 7 nitrogen and oxygen atoms in total. The molecule has 0 bridgehead atoms. The van der Waals surface area contributed by atoms with Crippen molar-refractivity contribution in [2.24, 2.45) is 0 Å². The first-order chi connectivity index (χ1) is 11.4. The molecule has 2 rings (SSSR count). The first-order valence-corrected chi connectivity index (χ1v) is 7.39. The molecule has 0 unspecified atom stereocenters. The van der Waals surface area contributed by atoms with Gasteiger partial charge in [0.05, 0.1) is 30.9 Å². The number of hydrogen-bond donors (Lipinski definition) is 4. The topological polar surface area (TPSA) is 108 Å². The first-order valence-electron chi connectivity index (χ1n) is 7.39. The number of nitrogens with one attached hydrogen (secondary N) is 2. The fraction of sp³-hybridized carbons (Fsp3) is 0.467. The summed E-state index contributed by atoms with van der Waals surface area (Å²) >= 11 is 0. The molecule has 0 saturated carbocycles. The summed E-state index contributed by atoms with van der Waals surface area (Å²) in [5.74, 6) is -2.49. The number of aliphatic carboxylic acids is 1. The van der Waals surface area contributed by atoms with Crippen molar-refractivity contribution in [2.75, 3.05) is 11.9 Å². The number of hydrogen-bond acceptors (Lipinski definition) is 4. The molecule has 0 aliphatic carbocycles. The molecule has 1 heterocycles. The van der Waals surface area contributed by atoms with Gasteiger partial charge in [-0.15, -0.1) is 0 Å². The number of urea groups is 1. The fourth-order valence-corrected chi connectivity index (χ4v) is 2.56. The van der Waals surface area contributed by atoms with Crippen molar-refractivity contribution in [1.29, 1.82) is 0 Å². The molecular formula is C15H18F2N2O5. The number of halogens is 2. The third kappa shape index (κ3) is 4.87. The standard InChI is InChI=1S/C15H18F2N2O5/c16-8-1-3-10(17)12(5-8)19-15(23)18-11-4-2-9(6-14(21)22)24-13(11)7-20/h1,3,5,9,11,13,20H,2,4,6-7H2,(H,21,22)(H2,18,19,23)/t9-,11-,13-/m0/s1. The van der Waals surface area contributed by atoms with Gasteiger partial charge in [0.2, 0.25) is 0 Å². The molecule has 1 aliphatic heterocycles. The van der Waals surface area contributed by atoms with Crippen LogP contribution in [0.25, 0.3) is 0 Å². The van der Waals surface area contributed by atoms with Crippen LogP contribution in [0.4, 0.5) is 19.3 Å². The van der Waals surface area contributed by atoms with E-state index in [0.717, 1.165) is 18.2 Å². The van der Waals surface area contributed by atoms with Gasteiger partial charge in [0.15, 0.2) is 0 Å². The normalized spacial score (nSPS) is 23.5. The van der Waals surface area contributed by atoms with Gasteiger partial charge in [-0.05, 0) is 25.0 Å². The van der Waals surface area contributed by atoms with E-state index in [1.54, 1.807) is 0 Å². The van der Waals surface area contributed by atoms with Crippen LogP contribution in [0.2, 0.25) is 0 Å². The number of rotatable bonds is 5. The number of aliphatic hydroxyl groups is 1. The zero-order chi connectivity index (χ0) is 17.7. The maximum absolute atomic E-state index is 13.5. The highest BCUT2D eigenvalue weighted by molar-refractivity contribution is 5.89. The molecule has 132 valence electrons. The van der Waals surface area contributed by atoms with Gasteiger partial charge in [-0.25, -0.2) is 13.6 Å². The summed E-state index contributed by atoms with van der Waals surface area (Å²) in [6, 6.07) is 1.32. The minimum Gasteiger partial charge on any atom is -0.481 e. The lowest BCUT2D eigenvalue weighted by Gasteiger charge is -2.35. The second-order valence-corrected chi connectivity index (χ2v) is 5.48. The van der Waals surface area contributed by atoms with Crippen molar-refractivity contribution in [1.82, 2.24) is 5.32 Å². The number of aliphatic hydroxyl groups excluding tert-OH is 1. The summed E-state index contributed by atoms with van der Waals surface area (Å²) in [6.45, 7) is -0.407. The van der Waals surface area contributed by atoms with E-state index in [2.05, 4.69) is 10.6 Å². The Hall–Kier alpha value is -2.26. The number of amides is 2. The molecule has 9 heteroatoms. The highest BCUT2D eigenvalue weighted by Crippen LogP contribution is 2.22. The predicted molar refractivity (Wildman–Crippen MR) is 79.5 cm³/mol. The molecule has 1 aromatic carbocycles. The SMILES string of the molecule is O=C(O)C[C@@H]1CC[C@H](NC(=O)Nc2cc(F)ccc2F)[C@H](CO)O1. The molecule has 0 aromatic heterocycles. The average Bonchev–Trinajstić information content (AvgIpc) is 2.51. The van der Waals surface area contributed by atoms with E-state index in [9.17, 15) is 23.5 Å². The van der Waals surface area contributed by atoms with Crippen LogP contribution in [-0.2, 0) is 9.53 Å². The summed E-state index contributed by atoms with van der Waals surface area (Å²) in [4.78, 5) is 22.6. The number of carbonyl (C=O) groups is 2. The lowest BCUT2D eigenvalue weighted by molar-refractivity contribution is -0.145. The minimum absolute atomic E-state index is 0.191.